The van der Waals surface area contributed by atoms with E-state index in [1.165, 1.54) is 12.3 Å². The van der Waals surface area contributed by atoms with Crippen molar-refractivity contribution in [1.82, 2.24) is 48.5 Å². The van der Waals surface area contributed by atoms with Gasteiger partial charge in [-0.2, -0.15) is 9.67 Å². The number of nitrogens with one attached hydrogen (secondary N) is 3. The number of nitrogens with two attached hydrogens (primary N) is 2. The number of primary amides is 2. The number of nitrogens with zero attached hydrogens (tertiary/aromatic N) is 11. The second kappa shape index (κ2) is 15.0. The van der Waals surface area contributed by atoms with Gasteiger partial charge in [-0.25, -0.2) is 15.0 Å². The highest BCUT2D eigenvalue weighted by molar-refractivity contribution is 6.07. The molecule has 21 heteroatoms. The van der Waals surface area contributed by atoms with Gasteiger partial charge in [0.05, 0.1) is 40.7 Å². The second-order valence-electron chi connectivity index (χ2n) is 15.0. The molecule has 0 saturated carbocycles. The number of benzene rings is 1. The number of pyridine rings is 1. The number of likely N-dealkylation sites (tertiary alicyclic amines) is 1. The fraction of sp³-hybridized carbons (Fsp3) is 0.385. The number of imidazole rings is 2. The average Bonchev–Trinajstić information content (AvgIpc) is 4.08. The molecule has 0 radical (unpaired) electrons. The van der Waals surface area contributed by atoms with Crippen molar-refractivity contribution >= 4 is 63.4 Å². The number of aromatic nitrogens is 10. The van der Waals surface area contributed by atoms with Crippen molar-refractivity contribution in [1.29, 1.82) is 0 Å². The van der Waals surface area contributed by atoms with Crippen molar-refractivity contribution in [2.45, 2.75) is 72.4 Å². The number of aryl methyl sites for hydroxylation is 4. The van der Waals surface area contributed by atoms with E-state index in [0.717, 1.165) is 26.1 Å². The molecule has 3 aliphatic heterocycles. The van der Waals surface area contributed by atoms with Crippen molar-refractivity contribution in [3.63, 3.8) is 0 Å². The molecule has 1 aromatic carbocycles. The summed E-state index contributed by atoms with van der Waals surface area (Å²) < 4.78 is 14.1. The summed E-state index contributed by atoms with van der Waals surface area (Å²) in [5.74, 6) is -1.48. The number of amides is 4. The first-order valence-corrected chi connectivity index (χ1v) is 19.9. The standard InChI is InChI=1S/C39H44N16O5/c1-5-53-31-29(20(3)48-53)55-21(4)49-54(6-2)37(55)36(59)47-39-45-28-15-23(33(41)57)17-43-34(28)52(39)11-8-7-10-51-30-26(42-9-12-50-18-25-16-24(50)19-60-25)13-22(32(40)56)14-27(30)44-38(51)46-35(31)58/h7-8,13-15,17,24-25,42H,5-6,9-12,16,18-19H2,1-4H3,(H5-,40,41,44,45,46,47,56,57,58,59)/p+1/b8-7+. The summed E-state index contributed by atoms with van der Waals surface area (Å²) in [6.07, 6.45) is 6.41. The monoisotopic (exact) mass is 817 g/mol. The number of ether oxygens (including phenoxy) is 1. The van der Waals surface area contributed by atoms with Crippen LogP contribution in [-0.4, -0.2) is 111 Å². The van der Waals surface area contributed by atoms with Gasteiger partial charge in [-0.15, -0.1) is 4.68 Å². The number of fused-ring (bicyclic) bond motifs is 11. The molecule has 4 amide bonds. The summed E-state index contributed by atoms with van der Waals surface area (Å²) in [5.41, 5.74) is 15.3. The molecule has 2 bridgehead atoms. The van der Waals surface area contributed by atoms with Gasteiger partial charge in [-0.1, -0.05) is 12.2 Å². The highest BCUT2D eigenvalue weighted by Crippen LogP contribution is 2.32. The van der Waals surface area contributed by atoms with Crippen molar-refractivity contribution < 1.29 is 28.5 Å². The Morgan fingerprint density at radius 1 is 0.917 bits per heavy atom. The SMILES string of the molecule is CCn1nc(C)c2c1C(=O)Nc1nc3cc(C(N)=O)cc(NCCN4CC5CC4CO5)c3n1C/C=C/Cn1c(nc3cc(C(N)=O)cnc31)NC(=O)c1n(CC)nc(C)[n+]1-2. The Hall–Kier alpha value is -7.00. The number of carbonyl (C=O) groups is 4. The van der Waals surface area contributed by atoms with Gasteiger partial charge in [0.1, 0.15) is 12.1 Å². The molecule has 2 fully saturated rings. The Morgan fingerprint density at radius 3 is 2.32 bits per heavy atom. The maximum Gasteiger partial charge on any atom is 0.331 e. The number of allylic oxidation sites excluding steroid dienone is 2. The summed E-state index contributed by atoms with van der Waals surface area (Å²) in [7, 11) is 0. The van der Waals surface area contributed by atoms with Crippen LogP contribution in [0.3, 0.4) is 0 Å². The van der Waals surface area contributed by atoms with Gasteiger partial charge >= 0.3 is 11.7 Å². The van der Waals surface area contributed by atoms with Crippen LogP contribution in [0, 0.1) is 13.8 Å². The van der Waals surface area contributed by atoms with E-state index < -0.39 is 23.6 Å². The Labute approximate surface area is 342 Å². The maximum absolute atomic E-state index is 14.7. The summed E-state index contributed by atoms with van der Waals surface area (Å²) in [6.45, 7) is 11.2. The Bertz CT molecular complexity index is 2790. The molecular formula is C39H45N16O5+. The van der Waals surface area contributed by atoms with Crippen LogP contribution in [0.5, 0.6) is 0 Å². The second-order valence-corrected chi connectivity index (χ2v) is 15.0. The van der Waals surface area contributed by atoms with Gasteiger partial charge in [0.25, 0.3) is 11.7 Å². The Balaban J connectivity index is 1.21. The molecule has 2 atom stereocenters. The van der Waals surface area contributed by atoms with Gasteiger partial charge in [0.2, 0.25) is 23.7 Å². The number of hydrogen-bond donors (Lipinski definition) is 5. The molecule has 5 aromatic heterocycles. The molecule has 310 valence electrons. The lowest BCUT2D eigenvalue weighted by atomic mass is 10.1. The highest BCUT2D eigenvalue weighted by atomic mass is 16.5. The van der Waals surface area contributed by atoms with Crippen LogP contribution in [0.25, 0.3) is 27.9 Å². The van der Waals surface area contributed by atoms with Gasteiger partial charge in [-0.3, -0.25) is 44.0 Å². The maximum atomic E-state index is 14.7. The van der Waals surface area contributed by atoms with E-state index in [0.29, 0.717) is 70.8 Å². The third kappa shape index (κ3) is 6.51. The van der Waals surface area contributed by atoms with Crippen LogP contribution in [0.15, 0.2) is 36.5 Å². The van der Waals surface area contributed by atoms with Crippen molar-refractivity contribution in [3.8, 4) is 5.69 Å². The number of morpholine rings is 1. The Kier molecular flexibility index (Phi) is 9.62. The van der Waals surface area contributed by atoms with Gasteiger partial charge in [0, 0.05) is 69.1 Å². The summed E-state index contributed by atoms with van der Waals surface area (Å²) in [6, 6.07) is 5.23. The van der Waals surface area contributed by atoms with E-state index in [2.05, 4.69) is 35.9 Å². The first-order valence-electron chi connectivity index (χ1n) is 19.9. The molecule has 6 aromatic rings. The third-order valence-corrected chi connectivity index (χ3v) is 11.3. The smallest absolute Gasteiger partial charge is 0.331 e. The quantitative estimate of drug-likeness (QED) is 0.108. The molecule has 7 N–H and O–H groups in total. The first-order chi connectivity index (χ1) is 28.9. The third-order valence-electron chi connectivity index (χ3n) is 11.3. The minimum Gasteiger partial charge on any atom is -0.382 e. The molecule has 0 spiro atoms. The fourth-order valence-electron chi connectivity index (χ4n) is 8.53. The minimum absolute atomic E-state index is 0.117. The zero-order chi connectivity index (χ0) is 42.0. The van der Waals surface area contributed by atoms with Gasteiger partial charge in [0.15, 0.2) is 17.0 Å². The molecule has 21 nitrogen and oxygen atoms in total. The first kappa shape index (κ1) is 38.5. The van der Waals surface area contributed by atoms with Crippen LogP contribution < -0.4 is 32.0 Å². The van der Waals surface area contributed by atoms with Crippen molar-refractivity contribution in [2.24, 2.45) is 11.5 Å². The fourth-order valence-corrected chi connectivity index (χ4v) is 8.53. The molecule has 3 aliphatic rings. The normalized spacial score (nSPS) is 18.5. The average molecular weight is 818 g/mol. The van der Waals surface area contributed by atoms with Crippen LogP contribution in [0.1, 0.15) is 73.6 Å². The van der Waals surface area contributed by atoms with Crippen LogP contribution in [0.4, 0.5) is 17.6 Å². The molecule has 60 heavy (non-hydrogen) atoms. The lowest BCUT2D eigenvalue weighted by Gasteiger charge is -2.26. The summed E-state index contributed by atoms with van der Waals surface area (Å²) in [4.78, 5) is 70.5. The van der Waals surface area contributed by atoms with Crippen molar-refractivity contribution in [3.05, 3.63) is 70.7 Å². The lowest BCUT2D eigenvalue weighted by Crippen LogP contribution is -2.44. The zero-order valence-electron chi connectivity index (χ0n) is 33.6. The molecule has 2 unspecified atom stereocenters. The summed E-state index contributed by atoms with van der Waals surface area (Å²) >= 11 is 0. The van der Waals surface area contributed by atoms with E-state index in [9.17, 15) is 19.2 Å². The molecule has 8 heterocycles. The minimum atomic E-state index is -0.668. The molecule has 9 rings (SSSR count). The largest absolute Gasteiger partial charge is 0.382 e. The number of carbonyl (C=O) groups excluding carboxylic acids is 4. The van der Waals surface area contributed by atoms with Crippen molar-refractivity contribution in [2.75, 3.05) is 42.2 Å². The number of rotatable bonds is 8. The number of anilines is 3. The van der Waals surface area contributed by atoms with Crippen LogP contribution >= 0.6 is 0 Å². The molecule has 0 aliphatic carbocycles. The van der Waals surface area contributed by atoms with E-state index in [-0.39, 0.29) is 53.7 Å². The van der Waals surface area contributed by atoms with Crippen LogP contribution in [0.2, 0.25) is 0 Å². The Morgan fingerprint density at radius 2 is 1.62 bits per heavy atom. The molecular weight excluding hydrogens is 773 g/mol. The lowest BCUT2D eigenvalue weighted by molar-refractivity contribution is -0.606. The van der Waals surface area contributed by atoms with E-state index in [1.807, 2.05) is 30.6 Å². The summed E-state index contributed by atoms with van der Waals surface area (Å²) in [5, 5.41) is 19.0. The highest BCUT2D eigenvalue weighted by Gasteiger charge is 2.39. The molecule has 2 saturated heterocycles. The predicted octanol–water partition coefficient (Wildman–Crippen LogP) is 1.26. The van der Waals surface area contributed by atoms with E-state index >= 15 is 0 Å². The number of hydrogen-bond acceptors (Lipinski definition) is 12. The van der Waals surface area contributed by atoms with Gasteiger partial charge < -0.3 is 26.1 Å². The topological polar surface area (TPSA) is 257 Å². The van der Waals surface area contributed by atoms with E-state index in [4.69, 9.17) is 26.3 Å². The zero-order valence-corrected chi connectivity index (χ0v) is 33.6. The van der Waals surface area contributed by atoms with Crippen LogP contribution in [-0.2, 0) is 30.9 Å². The predicted molar refractivity (Wildman–Crippen MR) is 218 cm³/mol. The van der Waals surface area contributed by atoms with E-state index in [1.54, 1.807) is 44.5 Å². The van der Waals surface area contributed by atoms with Gasteiger partial charge in [-0.05, 0) is 45.4 Å².